The summed E-state index contributed by atoms with van der Waals surface area (Å²) in [5.41, 5.74) is 2.44. The van der Waals surface area contributed by atoms with Crippen LogP contribution in [0, 0.1) is 0 Å². The summed E-state index contributed by atoms with van der Waals surface area (Å²) in [7, 11) is 5.83. The SMILES string of the molecule is COc1cc(CN(C)Cc2cccn2C)cc2c1OCCO2. The Morgan fingerprint density at radius 1 is 1.23 bits per heavy atom. The fourth-order valence-corrected chi connectivity index (χ4v) is 2.72. The maximum Gasteiger partial charge on any atom is 0.203 e. The summed E-state index contributed by atoms with van der Waals surface area (Å²) in [4.78, 5) is 2.26. The zero-order chi connectivity index (χ0) is 15.5. The van der Waals surface area contributed by atoms with Crippen molar-refractivity contribution in [2.45, 2.75) is 13.1 Å². The summed E-state index contributed by atoms with van der Waals surface area (Å²) in [6, 6.07) is 8.27. The van der Waals surface area contributed by atoms with Crippen molar-refractivity contribution in [2.24, 2.45) is 7.05 Å². The number of nitrogens with zero attached hydrogens (tertiary/aromatic N) is 2. The van der Waals surface area contributed by atoms with E-state index < -0.39 is 0 Å². The first kappa shape index (κ1) is 14.8. The highest BCUT2D eigenvalue weighted by Gasteiger charge is 2.19. The quantitative estimate of drug-likeness (QED) is 0.850. The zero-order valence-electron chi connectivity index (χ0n) is 13.3. The van der Waals surface area contributed by atoms with Crippen LogP contribution in [-0.4, -0.2) is 36.8 Å². The van der Waals surface area contributed by atoms with Crippen LogP contribution in [0.15, 0.2) is 30.5 Å². The Hall–Kier alpha value is -2.14. The van der Waals surface area contributed by atoms with Gasteiger partial charge in [0.15, 0.2) is 11.5 Å². The third-order valence-electron chi connectivity index (χ3n) is 3.82. The molecule has 0 saturated heterocycles. The summed E-state index contributed by atoms with van der Waals surface area (Å²) in [6.45, 7) is 2.85. The Balaban J connectivity index is 1.76. The summed E-state index contributed by atoms with van der Waals surface area (Å²) in [6.07, 6.45) is 2.07. The molecular weight excluding hydrogens is 280 g/mol. The molecule has 0 bridgehead atoms. The smallest absolute Gasteiger partial charge is 0.203 e. The fourth-order valence-electron chi connectivity index (χ4n) is 2.72. The van der Waals surface area contributed by atoms with Crippen LogP contribution < -0.4 is 14.2 Å². The minimum Gasteiger partial charge on any atom is -0.493 e. The summed E-state index contributed by atoms with van der Waals surface area (Å²) in [5, 5.41) is 0. The van der Waals surface area contributed by atoms with Crippen molar-refractivity contribution < 1.29 is 14.2 Å². The third-order valence-corrected chi connectivity index (χ3v) is 3.82. The van der Waals surface area contributed by atoms with Crippen LogP contribution in [0.5, 0.6) is 17.2 Å². The van der Waals surface area contributed by atoms with Gasteiger partial charge in [-0.25, -0.2) is 0 Å². The summed E-state index contributed by atoms with van der Waals surface area (Å²) >= 11 is 0. The first-order valence-electron chi connectivity index (χ1n) is 7.42. The molecule has 0 saturated carbocycles. The monoisotopic (exact) mass is 302 g/mol. The molecule has 1 aliphatic heterocycles. The van der Waals surface area contributed by atoms with Crippen LogP contribution in [0.2, 0.25) is 0 Å². The molecule has 0 N–H and O–H groups in total. The van der Waals surface area contributed by atoms with E-state index in [2.05, 4.69) is 41.9 Å². The van der Waals surface area contributed by atoms with E-state index in [0.717, 1.165) is 30.2 Å². The second-order valence-electron chi connectivity index (χ2n) is 5.60. The number of benzene rings is 1. The van der Waals surface area contributed by atoms with Gasteiger partial charge >= 0.3 is 0 Å². The van der Waals surface area contributed by atoms with Crippen molar-refractivity contribution in [3.8, 4) is 17.2 Å². The van der Waals surface area contributed by atoms with Crippen LogP contribution in [0.25, 0.3) is 0 Å². The van der Waals surface area contributed by atoms with Crippen LogP contribution in [-0.2, 0) is 20.1 Å². The van der Waals surface area contributed by atoms with E-state index in [-0.39, 0.29) is 0 Å². The first-order valence-corrected chi connectivity index (χ1v) is 7.42. The Morgan fingerprint density at radius 2 is 2.05 bits per heavy atom. The number of methoxy groups -OCH3 is 1. The van der Waals surface area contributed by atoms with Gasteiger partial charge in [-0.1, -0.05) is 0 Å². The average Bonchev–Trinajstić information content (AvgIpc) is 2.91. The van der Waals surface area contributed by atoms with Crippen LogP contribution >= 0.6 is 0 Å². The van der Waals surface area contributed by atoms with Crippen LogP contribution in [0.1, 0.15) is 11.3 Å². The average molecular weight is 302 g/mol. The van der Waals surface area contributed by atoms with Gasteiger partial charge in [0.1, 0.15) is 13.2 Å². The lowest BCUT2D eigenvalue weighted by Crippen LogP contribution is -2.20. The molecule has 3 rings (SSSR count). The topological polar surface area (TPSA) is 35.9 Å². The molecule has 2 heterocycles. The molecule has 118 valence electrons. The van der Waals surface area contributed by atoms with Crippen molar-refractivity contribution >= 4 is 0 Å². The molecule has 0 spiro atoms. The van der Waals surface area contributed by atoms with Gasteiger partial charge in [0.25, 0.3) is 0 Å². The molecule has 0 atom stereocenters. The van der Waals surface area contributed by atoms with Gasteiger partial charge in [-0.15, -0.1) is 0 Å². The van der Waals surface area contributed by atoms with Gasteiger partial charge in [0.2, 0.25) is 5.75 Å². The number of fused-ring (bicyclic) bond motifs is 1. The molecule has 0 unspecified atom stereocenters. The number of rotatable bonds is 5. The molecule has 0 amide bonds. The predicted molar refractivity (Wildman–Crippen MR) is 84.6 cm³/mol. The third kappa shape index (κ3) is 3.04. The molecular formula is C17H22N2O3. The van der Waals surface area contributed by atoms with Crippen molar-refractivity contribution in [2.75, 3.05) is 27.4 Å². The molecule has 22 heavy (non-hydrogen) atoms. The molecule has 0 radical (unpaired) electrons. The Morgan fingerprint density at radius 3 is 2.77 bits per heavy atom. The van der Waals surface area contributed by atoms with Gasteiger partial charge in [-0.3, -0.25) is 4.90 Å². The standard InChI is InChI=1S/C17H22N2O3/c1-18(12-14-5-4-6-19(14)2)11-13-9-15(20-3)17-16(10-13)21-7-8-22-17/h4-6,9-10H,7-8,11-12H2,1-3H3. The van der Waals surface area contributed by atoms with Gasteiger partial charge in [0.05, 0.1) is 7.11 Å². The summed E-state index contributed by atoms with van der Waals surface area (Å²) < 4.78 is 18.9. The lowest BCUT2D eigenvalue weighted by atomic mass is 10.1. The summed E-state index contributed by atoms with van der Waals surface area (Å²) in [5.74, 6) is 2.22. The van der Waals surface area contributed by atoms with E-state index in [9.17, 15) is 0 Å². The number of hydrogen-bond donors (Lipinski definition) is 0. The van der Waals surface area contributed by atoms with Crippen molar-refractivity contribution in [1.29, 1.82) is 0 Å². The van der Waals surface area contributed by atoms with E-state index in [1.54, 1.807) is 7.11 Å². The first-order chi connectivity index (χ1) is 10.7. The molecule has 5 heteroatoms. The van der Waals surface area contributed by atoms with E-state index in [0.29, 0.717) is 19.0 Å². The van der Waals surface area contributed by atoms with E-state index >= 15 is 0 Å². The van der Waals surface area contributed by atoms with Gasteiger partial charge in [0, 0.05) is 32.0 Å². The predicted octanol–water partition coefficient (Wildman–Crippen LogP) is 2.44. The minimum absolute atomic E-state index is 0.566. The number of aromatic nitrogens is 1. The largest absolute Gasteiger partial charge is 0.493 e. The lowest BCUT2D eigenvalue weighted by Gasteiger charge is -2.23. The van der Waals surface area contributed by atoms with E-state index in [1.807, 2.05) is 12.1 Å². The molecule has 0 fully saturated rings. The highest BCUT2D eigenvalue weighted by molar-refractivity contribution is 5.54. The molecule has 1 aromatic carbocycles. The Bertz CT molecular complexity index is 634. The van der Waals surface area contributed by atoms with Crippen molar-refractivity contribution in [3.63, 3.8) is 0 Å². The van der Waals surface area contributed by atoms with Crippen LogP contribution in [0.3, 0.4) is 0 Å². The number of hydrogen-bond acceptors (Lipinski definition) is 4. The maximum absolute atomic E-state index is 5.69. The van der Waals surface area contributed by atoms with E-state index in [4.69, 9.17) is 14.2 Å². The number of ether oxygens (including phenoxy) is 3. The highest BCUT2D eigenvalue weighted by Crippen LogP contribution is 2.40. The van der Waals surface area contributed by atoms with Crippen LogP contribution in [0.4, 0.5) is 0 Å². The molecule has 1 aliphatic rings. The van der Waals surface area contributed by atoms with Gasteiger partial charge < -0.3 is 18.8 Å². The molecule has 2 aromatic rings. The Kier molecular flexibility index (Phi) is 4.24. The molecule has 1 aromatic heterocycles. The fraction of sp³-hybridized carbons (Fsp3) is 0.412. The molecule has 5 nitrogen and oxygen atoms in total. The number of aryl methyl sites for hydroxylation is 1. The zero-order valence-corrected chi connectivity index (χ0v) is 13.3. The van der Waals surface area contributed by atoms with Gasteiger partial charge in [-0.2, -0.15) is 0 Å². The second kappa shape index (κ2) is 6.32. The molecule has 0 aliphatic carbocycles. The minimum atomic E-state index is 0.566. The van der Waals surface area contributed by atoms with Gasteiger partial charge in [-0.05, 0) is 36.9 Å². The normalized spacial score (nSPS) is 13.5. The lowest BCUT2D eigenvalue weighted by molar-refractivity contribution is 0.164. The highest BCUT2D eigenvalue weighted by atomic mass is 16.6. The van der Waals surface area contributed by atoms with Crippen molar-refractivity contribution in [3.05, 3.63) is 41.7 Å². The second-order valence-corrected chi connectivity index (χ2v) is 5.60. The van der Waals surface area contributed by atoms with E-state index in [1.165, 1.54) is 5.69 Å². The van der Waals surface area contributed by atoms with Crippen molar-refractivity contribution in [1.82, 2.24) is 9.47 Å². The Labute approximate surface area is 131 Å². The maximum atomic E-state index is 5.69.